The van der Waals surface area contributed by atoms with Crippen LogP contribution in [0, 0.1) is 10.1 Å². The van der Waals surface area contributed by atoms with Crippen LogP contribution in [0.25, 0.3) is 0 Å². The van der Waals surface area contributed by atoms with Crippen LogP contribution in [0.1, 0.15) is 10.4 Å². The summed E-state index contributed by atoms with van der Waals surface area (Å²) in [5.74, 6) is -1.64. The van der Waals surface area contributed by atoms with Gasteiger partial charge in [0.25, 0.3) is 17.4 Å². The van der Waals surface area contributed by atoms with Crippen molar-refractivity contribution in [1.82, 2.24) is 0 Å². The third-order valence-corrected chi connectivity index (χ3v) is 2.27. The van der Waals surface area contributed by atoms with Gasteiger partial charge in [-0.3, -0.25) is 19.7 Å². The molecule has 0 aliphatic carbocycles. The van der Waals surface area contributed by atoms with Gasteiger partial charge in [0.1, 0.15) is 0 Å². The number of Topliss-reactive ketones (excluding diaryl/α,β-unsaturated/α-hetero) is 1. The maximum Gasteiger partial charge on any atom is 0.296 e. The highest BCUT2D eigenvalue weighted by Crippen LogP contribution is 2.34. The van der Waals surface area contributed by atoms with Crippen molar-refractivity contribution >= 4 is 34.7 Å². The number of fused-ring (bicyclic) bond motifs is 1. The number of non-ortho nitro benzene ring substituents is 1. The Kier molecular flexibility index (Phi) is 1.94. The number of amides is 1. The molecule has 76 valence electrons. The molecule has 0 spiro atoms. The Morgan fingerprint density at radius 1 is 1.33 bits per heavy atom. The minimum atomic E-state index is -0.826. The summed E-state index contributed by atoms with van der Waals surface area (Å²) in [6.07, 6.45) is 0. The number of nitro benzene ring substituents is 1. The second-order valence-corrected chi connectivity index (χ2v) is 3.30. The average molecular weight is 227 g/mol. The van der Waals surface area contributed by atoms with Gasteiger partial charge in [-0.05, 0) is 0 Å². The average Bonchev–Trinajstić information content (AvgIpc) is 2.45. The molecule has 0 radical (unpaired) electrons. The Bertz CT molecular complexity index is 512. The summed E-state index contributed by atoms with van der Waals surface area (Å²) in [5.41, 5.74) is -0.236. The zero-order valence-electron chi connectivity index (χ0n) is 7.11. The van der Waals surface area contributed by atoms with E-state index in [9.17, 15) is 19.7 Å². The lowest BCUT2D eigenvalue weighted by molar-refractivity contribution is -0.384. The Morgan fingerprint density at radius 2 is 2.00 bits per heavy atom. The third kappa shape index (κ3) is 1.35. The van der Waals surface area contributed by atoms with Crippen molar-refractivity contribution in [2.45, 2.75) is 0 Å². The molecule has 0 fully saturated rings. The molecule has 0 atom stereocenters. The molecule has 1 aromatic carbocycles. The fraction of sp³-hybridized carbons (Fsp3) is 0. The summed E-state index contributed by atoms with van der Waals surface area (Å²) in [7, 11) is 0. The number of nitro groups is 1. The van der Waals surface area contributed by atoms with Gasteiger partial charge in [0.15, 0.2) is 0 Å². The molecule has 1 aliphatic rings. The first-order valence-corrected chi connectivity index (χ1v) is 4.22. The van der Waals surface area contributed by atoms with Gasteiger partial charge in [0, 0.05) is 12.1 Å². The second kappa shape index (κ2) is 3.03. The van der Waals surface area contributed by atoms with Crippen molar-refractivity contribution < 1.29 is 14.5 Å². The van der Waals surface area contributed by atoms with E-state index in [0.29, 0.717) is 0 Å². The fourth-order valence-corrected chi connectivity index (χ4v) is 1.56. The first-order chi connectivity index (χ1) is 7.00. The molecule has 1 aromatic rings. The van der Waals surface area contributed by atoms with Crippen LogP contribution in [-0.4, -0.2) is 16.6 Å². The molecular formula is C8H3ClN2O4. The Labute approximate surface area is 88.0 Å². The van der Waals surface area contributed by atoms with Crippen LogP contribution < -0.4 is 5.32 Å². The van der Waals surface area contributed by atoms with E-state index in [1.165, 1.54) is 0 Å². The van der Waals surface area contributed by atoms with Crippen molar-refractivity contribution in [2.24, 2.45) is 0 Å². The zero-order chi connectivity index (χ0) is 11.2. The van der Waals surface area contributed by atoms with Crippen molar-refractivity contribution in [2.75, 3.05) is 5.32 Å². The Hall–Kier alpha value is -1.95. The number of halogens is 1. The van der Waals surface area contributed by atoms with Gasteiger partial charge in [0.05, 0.1) is 21.2 Å². The van der Waals surface area contributed by atoms with E-state index >= 15 is 0 Å². The summed E-state index contributed by atoms with van der Waals surface area (Å²) < 4.78 is 0. The number of hydrogen-bond acceptors (Lipinski definition) is 4. The predicted molar refractivity (Wildman–Crippen MR) is 51.1 cm³/mol. The largest absolute Gasteiger partial charge is 0.317 e. The lowest BCUT2D eigenvalue weighted by Gasteiger charge is -1.99. The molecule has 1 N–H and O–H groups in total. The van der Waals surface area contributed by atoms with E-state index in [0.717, 1.165) is 12.1 Å². The number of carbonyl (C=O) groups excluding carboxylic acids is 2. The topological polar surface area (TPSA) is 89.3 Å². The smallest absolute Gasteiger partial charge is 0.296 e. The van der Waals surface area contributed by atoms with Gasteiger partial charge in [0.2, 0.25) is 0 Å². The van der Waals surface area contributed by atoms with Crippen molar-refractivity contribution in [3.05, 3.63) is 32.8 Å². The first-order valence-electron chi connectivity index (χ1n) is 3.84. The minimum absolute atomic E-state index is 0.0154. The maximum atomic E-state index is 11.2. The van der Waals surface area contributed by atoms with Gasteiger partial charge >= 0.3 is 0 Å². The van der Waals surface area contributed by atoms with Gasteiger partial charge in [-0.2, -0.15) is 0 Å². The molecule has 0 aromatic heterocycles. The van der Waals surface area contributed by atoms with Crippen LogP contribution in [0.4, 0.5) is 11.4 Å². The normalized spacial score (nSPS) is 13.7. The molecule has 1 heterocycles. The molecule has 0 unspecified atom stereocenters. The molecule has 2 rings (SSSR count). The number of benzene rings is 1. The Balaban J connectivity index is 2.67. The molecule has 1 amide bonds. The third-order valence-electron chi connectivity index (χ3n) is 1.98. The standard InChI is InChI=1S/C8H3ClN2O4/c9-5-2-3(11(14)15)1-4-6(5)10-8(13)7(4)12/h1-2H,(H,10,12,13). The van der Waals surface area contributed by atoms with E-state index < -0.39 is 16.6 Å². The van der Waals surface area contributed by atoms with Crippen molar-refractivity contribution in [3.8, 4) is 0 Å². The number of nitrogens with one attached hydrogen (secondary N) is 1. The van der Waals surface area contributed by atoms with E-state index in [4.69, 9.17) is 11.6 Å². The van der Waals surface area contributed by atoms with E-state index in [-0.39, 0.29) is 22.0 Å². The lowest BCUT2D eigenvalue weighted by Crippen LogP contribution is -2.12. The van der Waals surface area contributed by atoms with E-state index in [2.05, 4.69) is 5.32 Å². The SMILES string of the molecule is O=C1Nc2c(Cl)cc([N+](=O)[O-])cc2C1=O. The number of carbonyl (C=O) groups is 2. The lowest BCUT2D eigenvalue weighted by atomic mass is 10.1. The molecular weight excluding hydrogens is 224 g/mol. The highest BCUT2D eigenvalue weighted by atomic mass is 35.5. The highest BCUT2D eigenvalue weighted by molar-refractivity contribution is 6.53. The Morgan fingerprint density at radius 3 is 2.60 bits per heavy atom. The first kappa shape index (κ1) is 9.60. The molecule has 0 saturated carbocycles. The molecule has 0 bridgehead atoms. The molecule has 1 aliphatic heterocycles. The maximum absolute atomic E-state index is 11.2. The summed E-state index contributed by atoms with van der Waals surface area (Å²) >= 11 is 5.68. The fourth-order valence-electron chi connectivity index (χ4n) is 1.30. The monoisotopic (exact) mass is 226 g/mol. The summed E-state index contributed by atoms with van der Waals surface area (Å²) in [4.78, 5) is 32.0. The van der Waals surface area contributed by atoms with Crippen LogP contribution in [0.2, 0.25) is 5.02 Å². The number of ketones is 1. The molecule has 0 saturated heterocycles. The number of rotatable bonds is 1. The van der Waals surface area contributed by atoms with Crippen molar-refractivity contribution in [1.29, 1.82) is 0 Å². The summed E-state index contributed by atoms with van der Waals surface area (Å²) in [6, 6.07) is 2.11. The molecule has 7 heteroatoms. The molecule has 6 nitrogen and oxygen atoms in total. The van der Waals surface area contributed by atoms with Crippen LogP contribution in [-0.2, 0) is 4.79 Å². The van der Waals surface area contributed by atoms with Crippen LogP contribution in [0.5, 0.6) is 0 Å². The predicted octanol–water partition coefficient (Wildman–Crippen LogP) is 1.38. The van der Waals surface area contributed by atoms with Crippen LogP contribution in [0.3, 0.4) is 0 Å². The molecule has 15 heavy (non-hydrogen) atoms. The van der Waals surface area contributed by atoms with Gasteiger partial charge < -0.3 is 5.32 Å². The second-order valence-electron chi connectivity index (χ2n) is 2.89. The van der Waals surface area contributed by atoms with Crippen LogP contribution in [0.15, 0.2) is 12.1 Å². The number of hydrogen-bond donors (Lipinski definition) is 1. The summed E-state index contributed by atoms with van der Waals surface area (Å²) in [5, 5.41) is 12.7. The summed E-state index contributed by atoms with van der Waals surface area (Å²) in [6.45, 7) is 0. The van der Waals surface area contributed by atoms with Gasteiger partial charge in [-0.1, -0.05) is 11.6 Å². The van der Waals surface area contributed by atoms with Gasteiger partial charge in [-0.15, -0.1) is 0 Å². The van der Waals surface area contributed by atoms with Gasteiger partial charge in [-0.25, -0.2) is 0 Å². The van der Waals surface area contributed by atoms with Crippen LogP contribution >= 0.6 is 11.6 Å². The van der Waals surface area contributed by atoms with E-state index in [1.807, 2.05) is 0 Å². The van der Waals surface area contributed by atoms with E-state index in [1.54, 1.807) is 0 Å². The quantitative estimate of drug-likeness (QED) is 0.445. The highest BCUT2D eigenvalue weighted by Gasteiger charge is 2.32. The zero-order valence-corrected chi connectivity index (χ0v) is 7.87. The number of nitrogens with zero attached hydrogens (tertiary/aromatic N) is 1. The minimum Gasteiger partial charge on any atom is -0.317 e. The number of anilines is 1. The van der Waals surface area contributed by atoms with Crippen molar-refractivity contribution in [3.63, 3.8) is 0 Å².